The Bertz CT molecular complexity index is 370. The summed E-state index contributed by atoms with van der Waals surface area (Å²) in [7, 11) is 0. The summed E-state index contributed by atoms with van der Waals surface area (Å²) < 4.78 is 6.03. The number of benzene rings is 1. The average Bonchev–Trinajstić information content (AvgIpc) is 2.33. The van der Waals surface area contributed by atoms with Crippen LogP contribution in [0, 0.1) is 5.41 Å². The van der Waals surface area contributed by atoms with E-state index in [9.17, 15) is 0 Å². The van der Waals surface area contributed by atoms with Crippen LogP contribution < -0.4 is 4.74 Å². The lowest BCUT2D eigenvalue weighted by molar-refractivity contribution is -0.0462. The fourth-order valence-electron chi connectivity index (χ4n) is 2.69. The lowest BCUT2D eigenvalue weighted by Gasteiger charge is -2.52. The summed E-state index contributed by atoms with van der Waals surface area (Å²) >= 11 is 12.2. The van der Waals surface area contributed by atoms with Crippen molar-refractivity contribution in [2.24, 2.45) is 5.41 Å². The summed E-state index contributed by atoms with van der Waals surface area (Å²) in [4.78, 5) is 0. The summed E-state index contributed by atoms with van der Waals surface area (Å²) in [5.74, 6) is 0.884. The maximum atomic E-state index is 6.36. The first-order valence-electron chi connectivity index (χ1n) is 6.18. The fraction of sp³-hybridized carbons (Fsp3) is 0.571. The van der Waals surface area contributed by atoms with Gasteiger partial charge in [0.2, 0.25) is 0 Å². The van der Waals surface area contributed by atoms with Crippen LogP contribution in [0.5, 0.6) is 5.75 Å². The van der Waals surface area contributed by atoms with Gasteiger partial charge in [-0.15, -0.1) is 11.6 Å². The molecule has 1 aliphatic carbocycles. The van der Waals surface area contributed by atoms with Crippen molar-refractivity contribution in [3.8, 4) is 5.75 Å². The van der Waals surface area contributed by atoms with Crippen molar-refractivity contribution in [1.29, 1.82) is 0 Å². The molecule has 0 bridgehead atoms. The van der Waals surface area contributed by atoms with Gasteiger partial charge in [0.1, 0.15) is 11.9 Å². The first-order chi connectivity index (χ1) is 8.12. The highest BCUT2D eigenvalue weighted by Crippen LogP contribution is 2.51. The second-order valence-corrected chi connectivity index (χ2v) is 5.67. The summed E-state index contributed by atoms with van der Waals surface area (Å²) in [5.41, 5.74) is 0.140. The standard InChI is InChI=1S/C14H18Cl2O/c1-3-14(4-2)12(16)9-13(14)17-11-7-5-10(15)6-8-11/h5-8,12-13H,3-4,9H2,1-2H3. The molecule has 0 aromatic heterocycles. The van der Waals surface area contributed by atoms with Crippen molar-refractivity contribution in [2.45, 2.75) is 44.6 Å². The zero-order valence-corrected chi connectivity index (χ0v) is 11.8. The minimum absolute atomic E-state index is 0.140. The molecular formula is C14H18Cl2O. The molecule has 0 heterocycles. The lowest BCUT2D eigenvalue weighted by Crippen LogP contribution is -2.56. The molecule has 1 aromatic carbocycles. The second-order valence-electron chi connectivity index (χ2n) is 4.70. The molecule has 2 atom stereocenters. The van der Waals surface area contributed by atoms with E-state index >= 15 is 0 Å². The van der Waals surface area contributed by atoms with E-state index in [1.54, 1.807) is 0 Å². The van der Waals surface area contributed by atoms with Gasteiger partial charge < -0.3 is 4.74 Å². The van der Waals surface area contributed by atoms with Crippen molar-refractivity contribution < 1.29 is 4.74 Å². The zero-order chi connectivity index (χ0) is 12.5. The number of hydrogen-bond donors (Lipinski definition) is 0. The molecule has 0 N–H and O–H groups in total. The smallest absolute Gasteiger partial charge is 0.119 e. The SMILES string of the molecule is CCC1(CC)C(Cl)CC1Oc1ccc(Cl)cc1. The molecule has 94 valence electrons. The summed E-state index contributed by atoms with van der Waals surface area (Å²) in [6.07, 6.45) is 3.30. The van der Waals surface area contributed by atoms with E-state index in [2.05, 4.69) is 13.8 Å². The molecule has 2 rings (SSSR count). The summed E-state index contributed by atoms with van der Waals surface area (Å²) in [6, 6.07) is 7.54. The first kappa shape index (κ1) is 13.0. The van der Waals surface area contributed by atoms with Crippen LogP contribution >= 0.6 is 23.2 Å². The van der Waals surface area contributed by atoms with Crippen LogP contribution in [0.4, 0.5) is 0 Å². The van der Waals surface area contributed by atoms with Crippen LogP contribution in [0.25, 0.3) is 0 Å². The van der Waals surface area contributed by atoms with Crippen LogP contribution in [-0.4, -0.2) is 11.5 Å². The summed E-state index contributed by atoms with van der Waals surface area (Å²) in [5, 5.41) is 0.980. The van der Waals surface area contributed by atoms with Crippen LogP contribution in [0.2, 0.25) is 5.02 Å². The highest BCUT2D eigenvalue weighted by molar-refractivity contribution is 6.30. The highest BCUT2D eigenvalue weighted by atomic mass is 35.5. The topological polar surface area (TPSA) is 9.23 Å². The largest absolute Gasteiger partial charge is 0.490 e. The van der Waals surface area contributed by atoms with Gasteiger partial charge in [-0.1, -0.05) is 25.4 Å². The van der Waals surface area contributed by atoms with Crippen LogP contribution in [0.15, 0.2) is 24.3 Å². The third kappa shape index (κ3) is 2.28. The van der Waals surface area contributed by atoms with Gasteiger partial charge in [0.05, 0.1) is 0 Å². The van der Waals surface area contributed by atoms with Gasteiger partial charge >= 0.3 is 0 Å². The molecule has 17 heavy (non-hydrogen) atoms. The van der Waals surface area contributed by atoms with Gasteiger partial charge in [-0.05, 0) is 37.1 Å². The molecular weight excluding hydrogens is 255 g/mol. The maximum absolute atomic E-state index is 6.36. The van der Waals surface area contributed by atoms with E-state index < -0.39 is 0 Å². The number of alkyl halides is 1. The van der Waals surface area contributed by atoms with Gasteiger partial charge in [-0.2, -0.15) is 0 Å². The predicted octanol–water partition coefficient (Wildman–Crippen LogP) is 4.90. The van der Waals surface area contributed by atoms with Crippen LogP contribution in [0.3, 0.4) is 0 Å². The minimum atomic E-state index is 0.140. The van der Waals surface area contributed by atoms with Crippen LogP contribution in [-0.2, 0) is 0 Å². The molecule has 0 radical (unpaired) electrons. The molecule has 3 heteroatoms. The lowest BCUT2D eigenvalue weighted by atomic mass is 9.62. The molecule has 1 nitrogen and oxygen atoms in total. The molecule has 0 saturated heterocycles. The third-order valence-electron chi connectivity index (χ3n) is 4.09. The Morgan fingerprint density at radius 2 is 1.82 bits per heavy atom. The van der Waals surface area contributed by atoms with Gasteiger partial charge in [0.15, 0.2) is 0 Å². The Kier molecular flexibility index (Phi) is 3.89. The normalized spacial score (nSPS) is 26.4. The number of hydrogen-bond acceptors (Lipinski definition) is 1. The molecule has 2 unspecified atom stereocenters. The molecule has 1 fully saturated rings. The van der Waals surface area contributed by atoms with Crippen molar-refractivity contribution in [3.05, 3.63) is 29.3 Å². The van der Waals surface area contributed by atoms with E-state index in [0.717, 1.165) is 30.0 Å². The predicted molar refractivity (Wildman–Crippen MR) is 73.1 cm³/mol. The Labute approximate surface area is 113 Å². The average molecular weight is 273 g/mol. The number of ether oxygens (including phenoxy) is 1. The van der Waals surface area contributed by atoms with E-state index in [0.29, 0.717) is 0 Å². The molecule has 0 aliphatic heterocycles. The Hall–Kier alpha value is -0.400. The fourth-order valence-corrected chi connectivity index (χ4v) is 3.43. The quantitative estimate of drug-likeness (QED) is 0.708. The minimum Gasteiger partial charge on any atom is -0.490 e. The van der Waals surface area contributed by atoms with Crippen molar-refractivity contribution in [3.63, 3.8) is 0 Å². The molecule has 1 saturated carbocycles. The van der Waals surface area contributed by atoms with E-state index in [4.69, 9.17) is 27.9 Å². The van der Waals surface area contributed by atoms with E-state index in [-0.39, 0.29) is 16.9 Å². The number of halogens is 2. The second kappa shape index (κ2) is 5.07. The van der Waals surface area contributed by atoms with Crippen molar-refractivity contribution in [1.82, 2.24) is 0 Å². The Morgan fingerprint density at radius 1 is 1.24 bits per heavy atom. The highest BCUT2D eigenvalue weighted by Gasteiger charge is 2.53. The zero-order valence-electron chi connectivity index (χ0n) is 10.2. The van der Waals surface area contributed by atoms with Gasteiger partial charge in [0, 0.05) is 22.2 Å². The van der Waals surface area contributed by atoms with Gasteiger partial charge in [-0.3, -0.25) is 0 Å². The molecule has 0 spiro atoms. The molecule has 1 aromatic rings. The first-order valence-corrected chi connectivity index (χ1v) is 7.00. The number of rotatable bonds is 4. The van der Waals surface area contributed by atoms with E-state index in [1.165, 1.54) is 0 Å². The summed E-state index contributed by atoms with van der Waals surface area (Å²) in [6.45, 7) is 4.38. The van der Waals surface area contributed by atoms with Gasteiger partial charge in [0.25, 0.3) is 0 Å². The monoisotopic (exact) mass is 272 g/mol. The van der Waals surface area contributed by atoms with E-state index in [1.807, 2.05) is 24.3 Å². The van der Waals surface area contributed by atoms with Gasteiger partial charge in [-0.25, -0.2) is 0 Å². The molecule has 0 amide bonds. The van der Waals surface area contributed by atoms with Crippen molar-refractivity contribution in [2.75, 3.05) is 0 Å². The third-order valence-corrected chi connectivity index (χ3v) is 4.96. The van der Waals surface area contributed by atoms with Crippen LogP contribution in [0.1, 0.15) is 33.1 Å². The molecule has 1 aliphatic rings. The van der Waals surface area contributed by atoms with Crippen molar-refractivity contribution >= 4 is 23.2 Å². The maximum Gasteiger partial charge on any atom is 0.119 e. The Morgan fingerprint density at radius 3 is 2.29 bits per heavy atom. The Balaban J connectivity index is 2.07.